The van der Waals surface area contributed by atoms with Gasteiger partial charge in [0.25, 0.3) is 11.8 Å². The predicted octanol–water partition coefficient (Wildman–Crippen LogP) is 3.70. The Labute approximate surface area is 176 Å². The van der Waals surface area contributed by atoms with E-state index in [1.54, 1.807) is 29.2 Å². The second-order valence-electron chi connectivity index (χ2n) is 7.25. The number of hydrogen-bond donors (Lipinski definition) is 2. The Bertz CT molecular complexity index is 893. The smallest absolute Gasteiger partial charge is 0.253 e. The highest BCUT2D eigenvalue weighted by molar-refractivity contribution is 6.02. The zero-order valence-electron chi connectivity index (χ0n) is 17.7. The summed E-state index contributed by atoms with van der Waals surface area (Å²) in [6.07, 6.45) is 0. The van der Waals surface area contributed by atoms with Gasteiger partial charge in [0.15, 0.2) is 0 Å². The van der Waals surface area contributed by atoms with E-state index >= 15 is 0 Å². The molecule has 7 heteroatoms. The van der Waals surface area contributed by atoms with E-state index < -0.39 is 23.7 Å². The Hall–Kier alpha value is -3.22. The van der Waals surface area contributed by atoms with Gasteiger partial charge in [-0.1, -0.05) is 19.9 Å². The molecule has 0 bridgehead atoms. The van der Waals surface area contributed by atoms with Gasteiger partial charge in [-0.05, 0) is 62.2 Å². The van der Waals surface area contributed by atoms with Crippen LogP contribution in [-0.4, -0.2) is 41.8 Å². The average Bonchev–Trinajstić information content (AvgIpc) is 2.73. The van der Waals surface area contributed by atoms with Gasteiger partial charge < -0.3 is 15.5 Å². The molecule has 0 saturated carbocycles. The molecule has 6 nitrogen and oxygen atoms in total. The van der Waals surface area contributed by atoms with Crippen molar-refractivity contribution in [1.29, 1.82) is 0 Å². The third-order valence-corrected chi connectivity index (χ3v) is 4.77. The van der Waals surface area contributed by atoms with Crippen molar-refractivity contribution in [3.8, 4) is 0 Å². The highest BCUT2D eigenvalue weighted by Crippen LogP contribution is 2.15. The summed E-state index contributed by atoms with van der Waals surface area (Å²) in [7, 11) is 0. The number of benzene rings is 2. The molecule has 0 aliphatic heterocycles. The molecule has 1 unspecified atom stereocenters. The van der Waals surface area contributed by atoms with Crippen LogP contribution in [0.4, 0.5) is 10.1 Å². The quantitative estimate of drug-likeness (QED) is 0.693. The van der Waals surface area contributed by atoms with E-state index in [4.69, 9.17) is 0 Å². The topological polar surface area (TPSA) is 78.5 Å². The fourth-order valence-electron chi connectivity index (χ4n) is 3.00. The fraction of sp³-hybridized carbons (Fsp3) is 0.348. The number of hydrogen-bond acceptors (Lipinski definition) is 3. The van der Waals surface area contributed by atoms with Gasteiger partial charge in [0, 0.05) is 29.9 Å². The minimum absolute atomic E-state index is 0.110. The minimum atomic E-state index is -0.801. The number of nitrogens with zero attached hydrogens (tertiary/aromatic N) is 1. The van der Waals surface area contributed by atoms with Gasteiger partial charge in [0.1, 0.15) is 11.9 Å². The predicted molar refractivity (Wildman–Crippen MR) is 115 cm³/mol. The Kier molecular flexibility index (Phi) is 8.09. The number of halogens is 1. The number of amides is 3. The van der Waals surface area contributed by atoms with Gasteiger partial charge >= 0.3 is 0 Å². The van der Waals surface area contributed by atoms with Crippen molar-refractivity contribution < 1.29 is 18.8 Å². The number of anilines is 1. The molecule has 2 aromatic rings. The molecule has 0 spiro atoms. The zero-order chi connectivity index (χ0) is 22.3. The van der Waals surface area contributed by atoms with Crippen molar-refractivity contribution in [1.82, 2.24) is 10.2 Å². The summed E-state index contributed by atoms with van der Waals surface area (Å²) < 4.78 is 13.1. The highest BCUT2D eigenvalue weighted by Gasteiger charge is 2.25. The van der Waals surface area contributed by atoms with Gasteiger partial charge in [-0.3, -0.25) is 14.4 Å². The number of carbonyl (C=O) groups is 3. The van der Waals surface area contributed by atoms with E-state index in [1.807, 2.05) is 27.7 Å². The summed E-state index contributed by atoms with van der Waals surface area (Å²) in [5, 5.41) is 5.47. The molecule has 0 radical (unpaired) electrons. The lowest BCUT2D eigenvalue weighted by molar-refractivity contribution is -0.118. The number of nitrogens with one attached hydrogen (secondary N) is 2. The second-order valence-corrected chi connectivity index (χ2v) is 7.25. The summed E-state index contributed by atoms with van der Waals surface area (Å²) in [5.41, 5.74) is 1.22. The Balaban J connectivity index is 2.13. The van der Waals surface area contributed by atoms with Gasteiger partial charge in [0.2, 0.25) is 5.91 Å². The summed E-state index contributed by atoms with van der Waals surface area (Å²) in [5.74, 6) is -1.60. The van der Waals surface area contributed by atoms with E-state index in [2.05, 4.69) is 10.6 Å². The molecule has 0 aromatic heterocycles. The number of carbonyl (C=O) groups excluding carboxylic acids is 3. The molecule has 30 heavy (non-hydrogen) atoms. The van der Waals surface area contributed by atoms with E-state index in [0.29, 0.717) is 24.3 Å². The third kappa shape index (κ3) is 5.89. The molecule has 0 heterocycles. The van der Waals surface area contributed by atoms with Crippen molar-refractivity contribution in [3.05, 3.63) is 65.5 Å². The van der Waals surface area contributed by atoms with Crippen molar-refractivity contribution in [2.75, 3.05) is 18.4 Å². The van der Waals surface area contributed by atoms with Crippen LogP contribution in [-0.2, 0) is 4.79 Å². The summed E-state index contributed by atoms with van der Waals surface area (Å²) in [6, 6.07) is 11.0. The third-order valence-electron chi connectivity index (χ3n) is 4.77. The molecular weight excluding hydrogens is 385 g/mol. The van der Waals surface area contributed by atoms with Crippen LogP contribution < -0.4 is 10.6 Å². The lowest BCUT2D eigenvalue weighted by Crippen LogP contribution is -2.47. The molecular formula is C23H28FN3O3. The van der Waals surface area contributed by atoms with Crippen molar-refractivity contribution in [3.63, 3.8) is 0 Å². The van der Waals surface area contributed by atoms with E-state index in [9.17, 15) is 18.8 Å². The Morgan fingerprint density at radius 2 is 1.60 bits per heavy atom. The molecule has 3 amide bonds. The van der Waals surface area contributed by atoms with Crippen LogP contribution in [0.1, 0.15) is 48.4 Å². The molecule has 0 aliphatic carbocycles. The largest absolute Gasteiger partial charge is 0.340 e. The lowest BCUT2D eigenvalue weighted by Gasteiger charge is -2.22. The summed E-state index contributed by atoms with van der Waals surface area (Å²) in [4.78, 5) is 39.5. The molecule has 2 rings (SSSR count). The van der Waals surface area contributed by atoms with Crippen LogP contribution in [0, 0.1) is 11.7 Å². The molecule has 2 N–H and O–H groups in total. The van der Waals surface area contributed by atoms with Crippen LogP contribution in [0.2, 0.25) is 0 Å². The zero-order valence-corrected chi connectivity index (χ0v) is 17.7. The standard InChI is InChI=1S/C23H28FN3O3/c1-5-27(6-2)23(30)17-8-7-9-19(14-17)25-22(29)20(15(3)4)26-21(28)16-10-12-18(24)13-11-16/h7-15,20H,5-6H2,1-4H3,(H,25,29)(H,26,28). The first-order chi connectivity index (χ1) is 14.3. The van der Waals surface area contributed by atoms with E-state index in [1.165, 1.54) is 24.3 Å². The molecule has 0 aliphatic rings. The van der Waals surface area contributed by atoms with Crippen LogP contribution in [0.25, 0.3) is 0 Å². The molecule has 1 atom stereocenters. The lowest BCUT2D eigenvalue weighted by atomic mass is 10.0. The van der Waals surface area contributed by atoms with Gasteiger partial charge in [-0.25, -0.2) is 4.39 Å². The fourth-order valence-corrected chi connectivity index (χ4v) is 3.00. The van der Waals surface area contributed by atoms with Crippen LogP contribution in [0.5, 0.6) is 0 Å². The molecule has 0 fully saturated rings. The van der Waals surface area contributed by atoms with Gasteiger partial charge in [0.05, 0.1) is 0 Å². The Morgan fingerprint density at radius 1 is 0.967 bits per heavy atom. The van der Waals surface area contributed by atoms with Gasteiger partial charge in [-0.15, -0.1) is 0 Å². The SMILES string of the molecule is CCN(CC)C(=O)c1cccc(NC(=O)C(NC(=O)c2ccc(F)cc2)C(C)C)c1. The average molecular weight is 413 g/mol. The summed E-state index contributed by atoms with van der Waals surface area (Å²) >= 11 is 0. The second kappa shape index (κ2) is 10.5. The monoisotopic (exact) mass is 413 g/mol. The highest BCUT2D eigenvalue weighted by atomic mass is 19.1. The van der Waals surface area contributed by atoms with Crippen molar-refractivity contribution in [2.24, 2.45) is 5.92 Å². The maximum Gasteiger partial charge on any atom is 0.253 e. The van der Waals surface area contributed by atoms with Crippen LogP contribution in [0.15, 0.2) is 48.5 Å². The molecule has 0 saturated heterocycles. The maximum atomic E-state index is 13.1. The normalized spacial score (nSPS) is 11.7. The first kappa shape index (κ1) is 23.1. The van der Waals surface area contributed by atoms with Crippen molar-refractivity contribution in [2.45, 2.75) is 33.7 Å². The van der Waals surface area contributed by atoms with Crippen LogP contribution >= 0.6 is 0 Å². The maximum absolute atomic E-state index is 13.1. The Morgan fingerprint density at radius 3 is 2.17 bits per heavy atom. The van der Waals surface area contributed by atoms with E-state index in [-0.39, 0.29) is 17.4 Å². The minimum Gasteiger partial charge on any atom is -0.340 e. The van der Waals surface area contributed by atoms with Crippen LogP contribution in [0.3, 0.4) is 0 Å². The molecule has 160 valence electrons. The van der Waals surface area contributed by atoms with Gasteiger partial charge in [-0.2, -0.15) is 0 Å². The molecule has 2 aromatic carbocycles. The van der Waals surface area contributed by atoms with Crippen molar-refractivity contribution >= 4 is 23.4 Å². The summed E-state index contributed by atoms with van der Waals surface area (Å²) in [6.45, 7) is 8.63. The number of rotatable bonds is 8. The first-order valence-electron chi connectivity index (χ1n) is 10.0. The van der Waals surface area contributed by atoms with E-state index in [0.717, 1.165) is 0 Å². The first-order valence-corrected chi connectivity index (χ1v) is 10.0.